The molecule has 0 heterocycles. The maximum Gasteiger partial charge on any atom is 0.332 e. The van der Waals surface area contributed by atoms with Crippen LogP contribution in [0.5, 0.6) is 0 Å². The van der Waals surface area contributed by atoms with Gasteiger partial charge in [-0.2, -0.15) is 0 Å². The van der Waals surface area contributed by atoms with Crippen molar-refractivity contribution in [1.82, 2.24) is 0 Å². The summed E-state index contributed by atoms with van der Waals surface area (Å²) in [5.41, 5.74) is 0. The summed E-state index contributed by atoms with van der Waals surface area (Å²) in [6.45, 7) is 7.30. The zero-order valence-electron chi connectivity index (χ0n) is 8.62. The molecule has 0 amide bonds. The van der Waals surface area contributed by atoms with Crippen molar-refractivity contribution in [3.63, 3.8) is 0 Å². The molecule has 0 fully saturated rings. The van der Waals surface area contributed by atoms with Gasteiger partial charge in [-0.3, -0.25) is 4.57 Å². The van der Waals surface area contributed by atoms with Crippen LogP contribution >= 0.6 is 19.2 Å². The van der Waals surface area contributed by atoms with E-state index < -0.39 is 7.60 Å². The average Bonchev–Trinajstić information content (AvgIpc) is 1.81. The van der Waals surface area contributed by atoms with Crippen molar-refractivity contribution in [3.8, 4) is 0 Å². The highest BCUT2D eigenvalue weighted by Gasteiger charge is 2.26. The Labute approximate surface area is 85.3 Å². The summed E-state index contributed by atoms with van der Waals surface area (Å²) in [7, 11) is -2.96. The molecule has 0 rings (SSSR count). The van der Waals surface area contributed by atoms with Crippen LogP contribution < -0.4 is 0 Å². The monoisotopic (exact) mass is 228 g/mol. The highest BCUT2D eigenvalue weighted by Crippen LogP contribution is 2.50. The molecule has 3 nitrogen and oxygen atoms in total. The predicted molar refractivity (Wildman–Crippen MR) is 55.6 cm³/mol. The van der Waals surface area contributed by atoms with Crippen molar-refractivity contribution in [2.24, 2.45) is 0 Å². The summed E-state index contributed by atoms with van der Waals surface area (Å²) < 4.78 is 22.4. The summed E-state index contributed by atoms with van der Waals surface area (Å²) >= 11 is 5.52. The number of alkyl halides is 1. The lowest BCUT2D eigenvalue weighted by molar-refractivity contribution is 0.143. The highest BCUT2D eigenvalue weighted by molar-refractivity contribution is 7.54. The van der Waals surface area contributed by atoms with Crippen LogP contribution in [0, 0.1) is 0 Å². The lowest BCUT2D eigenvalue weighted by Gasteiger charge is -2.21. The lowest BCUT2D eigenvalue weighted by atomic mass is 10.5. The Morgan fingerprint density at radius 2 is 1.54 bits per heavy atom. The first-order valence-corrected chi connectivity index (χ1v) is 6.67. The van der Waals surface area contributed by atoms with Gasteiger partial charge in [-0.25, -0.2) is 0 Å². The molecule has 0 saturated heterocycles. The van der Waals surface area contributed by atoms with Crippen LogP contribution in [-0.4, -0.2) is 24.2 Å². The molecule has 0 aromatic carbocycles. The zero-order valence-corrected chi connectivity index (χ0v) is 10.3. The van der Waals surface area contributed by atoms with E-state index in [0.29, 0.717) is 0 Å². The normalized spacial score (nSPS) is 12.8. The van der Waals surface area contributed by atoms with Crippen molar-refractivity contribution in [2.75, 3.05) is 12.0 Å². The maximum absolute atomic E-state index is 11.9. The molecule has 0 spiro atoms. The quantitative estimate of drug-likeness (QED) is 0.517. The summed E-state index contributed by atoms with van der Waals surface area (Å²) in [6, 6.07) is 0. The predicted octanol–water partition coefficient (Wildman–Crippen LogP) is 3.27. The van der Waals surface area contributed by atoms with Crippen LogP contribution in [0.15, 0.2) is 0 Å². The standard InChI is InChI=1S/C8H18ClO3P/c1-7(2)11-13(10,6-5-9)12-8(3)4/h7-8H,5-6H2,1-4H3. The largest absolute Gasteiger partial charge is 0.332 e. The van der Waals surface area contributed by atoms with Crippen molar-refractivity contribution in [3.05, 3.63) is 0 Å². The molecule has 5 heteroatoms. The summed E-state index contributed by atoms with van der Waals surface area (Å²) in [5.74, 6) is 0.288. The van der Waals surface area contributed by atoms with Crippen molar-refractivity contribution in [2.45, 2.75) is 39.9 Å². The fourth-order valence-electron chi connectivity index (χ4n) is 0.876. The molecule has 0 radical (unpaired) electrons. The van der Waals surface area contributed by atoms with Crippen LogP contribution in [0.3, 0.4) is 0 Å². The van der Waals surface area contributed by atoms with Gasteiger partial charge in [0.25, 0.3) is 0 Å². The highest BCUT2D eigenvalue weighted by atomic mass is 35.5. The van der Waals surface area contributed by atoms with Gasteiger partial charge in [-0.05, 0) is 27.7 Å². The molecular formula is C8H18ClO3P. The molecule has 0 unspecified atom stereocenters. The Bertz CT molecular complexity index is 168. The van der Waals surface area contributed by atoms with E-state index in [-0.39, 0.29) is 24.2 Å². The minimum atomic E-state index is -2.96. The maximum atomic E-state index is 11.9. The van der Waals surface area contributed by atoms with Gasteiger partial charge in [0.1, 0.15) is 0 Å². The van der Waals surface area contributed by atoms with E-state index in [0.717, 1.165) is 0 Å². The van der Waals surface area contributed by atoms with Crippen LogP contribution in [0.4, 0.5) is 0 Å². The molecule has 0 aromatic heterocycles. The molecule has 0 N–H and O–H groups in total. The van der Waals surface area contributed by atoms with Crippen LogP contribution in [-0.2, 0) is 13.6 Å². The van der Waals surface area contributed by atoms with Gasteiger partial charge in [-0.1, -0.05) is 0 Å². The molecule has 0 aliphatic rings. The molecule has 80 valence electrons. The molecule has 0 aliphatic carbocycles. The lowest BCUT2D eigenvalue weighted by Crippen LogP contribution is -2.10. The van der Waals surface area contributed by atoms with Gasteiger partial charge in [0.15, 0.2) is 0 Å². The first-order valence-electron chi connectivity index (χ1n) is 4.41. The van der Waals surface area contributed by atoms with Gasteiger partial charge in [-0.15, -0.1) is 11.6 Å². The number of rotatable bonds is 6. The number of hydrogen-bond acceptors (Lipinski definition) is 3. The van der Waals surface area contributed by atoms with Gasteiger partial charge >= 0.3 is 7.60 Å². The van der Waals surface area contributed by atoms with E-state index in [1.165, 1.54) is 0 Å². The molecule has 0 aromatic rings. The fourth-order valence-corrected chi connectivity index (χ4v) is 3.25. The van der Waals surface area contributed by atoms with E-state index in [2.05, 4.69) is 0 Å². The smallest absolute Gasteiger partial charge is 0.306 e. The Kier molecular flexibility index (Phi) is 6.23. The molecular weight excluding hydrogens is 211 g/mol. The molecule has 0 bridgehead atoms. The molecule has 0 saturated carbocycles. The van der Waals surface area contributed by atoms with Crippen molar-refractivity contribution in [1.29, 1.82) is 0 Å². The van der Waals surface area contributed by atoms with E-state index >= 15 is 0 Å². The van der Waals surface area contributed by atoms with Gasteiger partial charge < -0.3 is 9.05 Å². The van der Waals surface area contributed by atoms with E-state index in [1.54, 1.807) is 0 Å². The summed E-state index contributed by atoms with van der Waals surface area (Å²) in [6.07, 6.45) is 0.0610. The van der Waals surface area contributed by atoms with E-state index in [9.17, 15) is 4.57 Å². The molecule has 0 aliphatic heterocycles. The third-order valence-electron chi connectivity index (χ3n) is 1.10. The summed E-state index contributed by atoms with van der Waals surface area (Å²) in [4.78, 5) is 0. The van der Waals surface area contributed by atoms with Crippen molar-refractivity contribution < 1.29 is 13.6 Å². The van der Waals surface area contributed by atoms with Crippen molar-refractivity contribution >= 4 is 19.2 Å². The SMILES string of the molecule is CC(C)OP(=O)(CCCl)OC(C)C. The van der Waals surface area contributed by atoms with E-state index in [4.69, 9.17) is 20.6 Å². The number of hydrogen-bond donors (Lipinski definition) is 0. The Balaban J connectivity index is 4.25. The number of halogens is 1. The van der Waals surface area contributed by atoms with E-state index in [1.807, 2.05) is 27.7 Å². The van der Waals surface area contributed by atoms with Gasteiger partial charge in [0.2, 0.25) is 0 Å². The second kappa shape index (κ2) is 6.02. The topological polar surface area (TPSA) is 35.5 Å². The first-order chi connectivity index (χ1) is 5.89. The third-order valence-corrected chi connectivity index (χ3v) is 3.81. The Morgan fingerprint density at radius 1 is 1.15 bits per heavy atom. The Hall–Kier alpha value is 0.440. The van der Waals surface area contributed by atoms with Crippen LogP contribution in [0.1, 0.15) is 27.7 Å². The average molecular weight is 229 g/mol. The zero-order chi connectivity index (χ0) is 10.5. The second-order valence-corrected chi connectivity index (χ2v) is 5.80. The Morgan fingerprint density at radius 3 is 1.77 bits per heavy atom. The second-order valence-electron chi connectivity index (χ2n) is 3.33. The molecule has 13 heavy (non-hydrogen) atoms. The van der Waals surface area contributed by atoms with Crippen LogP contribution in [0.2, 0.25) is 0 Å². The minimum absolute atomic E-state index is 0.104. The van der Waals surface area contributed by atoms with Gasteiger partial charge in [0.05, 0.1) is 18.4 Å². The third kappa shape index (κ3) is 6.50. The fraction of sp³-hybridized carbons (Fsp3) is 1.00. The minimum Gasteiger partial charge on any atom is -0.306 e. The summed E-state index contributed by atoms with van der Waals surface area (Å²) in [5, 5.41) is 0. The molecule has 0 atom stereocenters. The first kappa shape index (κ1) is 13.4. The van der Waals surface area contributed by atoms with Crippen LogP contribution in [0.25, 0.3) is 0 Å². The van der Waals surface area contributed by atoms with Gasteiger partial charge in [0, 0.05) is 5.88 Å².